The highest BCUT2D eigenvalue weighted by Gasteiger charge is 2.22. The summed E-state index contributed by atoms with van der Waals surface area (Å²) in [4.78, 5) is 15.0. The van der Waals surface area contributed by atoms with E-state index in [0.717, 1.165) is 17.5 Å². The van der Waals surface area contributed by atoms with Crippen molar-refractivity contribution in [2.24, 2.45) is 5.92 Å². The molecule has 0 spiro atoms. The number of rotatable bonds is 6. The van der Waals surface area contributed by atoms with Crippen LogP contribution in [0.1, 0.15) is 51.1 Å². The van der Waals surface area contributed by atoms with Gasteiger partial charge in [-0.25, -0.2) is 4.98 Å². The number of nitrogens with zero attached hydrogens (tertiary/aromatic N) is 1. The number of carbonyl (C=O) groups is 1. The summed E-state index contributed by atoms with van der Waals surface area (Å²) < 4.78 is 0. The maximum atomic E-state index is 10.6. The highest BCUT2D eigenvalue weighted by molar-refractivity contribution is 7.13. The van der Waals surface area contributed by atoms with Crippen molar-refractivity contribution in [1.82, 2.24) is 4.98 Å². The predicted molar refractivity (Wildman–Crippen MR) is 77.7 cm³/mol. The molecule has 4 nitrogen and oxygen atoms in total. The summed E-state index contributed by atoms with van der Waals surface area (Å²) in [5.74, 6) is -0.0817. The van der Waals surface area contributed by atoms with Crippen LogP contribution in [0.2, 0.25) is 0 Å². The molecule has 2 N–H and O–H groups in total. The summed E-state index contributed by atoms with van der Waals surface area (Å²) in [5.41, 5.74) is 0.651. The molecule has 1 aliphatic rings. The molecule has 1 unspecified atom stereocenters. The van der Waals surface area contributed by atoms with Gasteiger partial charge in [0.05, 0.1) is 12.1 Å². The second-order valence-electron chi connectivity index (χ2n) is 5.27. The van der Waals surface area contributed by atoms with E-state index < -0.39 is 5.97 Å². The number of aromatic nitrogens is 1. The molecule has 1 atom stereocenters. The Labute approximate surface area is 118 Å². The van der Waals surface area contributed by atoms with E-state index in [0.29, 0.717) is 11.7 Å². The molecule has 0 radical (unpaired) electrons. The molecule has 1 aromatic heterocycles. The fraction of sp³-hybridized carbons (Fsp3) is 0.714. The number of carboxylic acids is 1. The van der Waals surface area contributed by atoms with E-state index >= 15 is 0 Å². The third kappa shape index (κ3) is 4.20. The molecule has 0 saturated heterocycles. The van der Waals surface area contributed by atoms with Gasteiger partial charge >= 0.3 is 5.97 Å². The minimum atomic E-state index is -0.823. The number of hydrogen-bond donors (Lipinski definition) is 2. The van der Waals surface area contributed by atoms with Gasteiger partial charge in [0.2, 0.25) is 0 Å². The van der Waals surface area contributed by atoms with Crippen molar-refractivity contribution >= 4 is 22.4 Å². The Kier molecular flexibility index (Phi) is 5.19. The maximum absolute atomic E-state index is 10.6. The first-order valence-electron chi connectivity index (χ1n) is 7.11. The molecule has 5 heteroatoms. The highest BCUT2D eigenvalue weighted by Crippen LogP contribution is 2.30. The fourth-order valence-electron chi connectivity index (χ4n) is 2.86. The summed E-state index contributed by atoms with van der Waals surface area (Å²) in [6, 6.07) is 0.476. The number of thiazole rings is 1. The normalized spacial score (nSPS) is 18.2. The van der Waals surface area contributed by atoms with E-state index in [1.54, 1.807) is 0 Å². The Morgan fingerprint density at radius 1 is 1.53 bits per heavy atom. The number of aliphatic carboxylic acids is 1. The first kappa shape index (κ1) is 14.3. The zero-order valence-corrected chi connectivity index (χ0v) is 12.2. The Hall–Kier alpha value is -1.10. The fourth-order valence-corrected chi connectivity index (χ4v) is 3.63. The molecular formula is C14H22N2O2S. The van der Waals surface area contributed by atoms with Gasteiger partial charge < -0.3 is 10.4 Å². The van der Waals surface area contributed by atoms with Gasteiger partial charge in [0, 0.05) is 11.4 Å². The first-order chi connectivity index (χ1) is 9.19. The average molecular weight is 282 g/mol. The van der Waals surface area contributed by atoms with Crippen LogP contribution in [0, 0.1) is 5.92 Å². The number of anilines is 1. The third-order valence-corrected chi connectivity index (χ3v) is 4.67. The summed E-state index contributed by atoms with van der Waals surface area (Å²) in [5, 5.41) is 15.0. The van der Waals surface area contributed by atoms with Gasteiger partial charge in [0.15, 0.2) is 5.13 Å². The Balaban J connectivity index is 1.93. The summed E-state index contributed by atoms with van der Waals surface area (Å²) in [6.45, 7) is 2.21. The van der Waals surface area contributed by atoms with E-state index in [9.17, 15) is 4.79 Å². The molecular weight excluding hydrogens is 260 g/mol. The molecule has 1 heterocycles. The van der Waals surface area contributed by atoms with E-state index in [4.69, 9.17) is 5.11 Å². The van der Waals surface area contributed by atoms with Crippen LogP contribution in [-0.4, -0.2) is 22.1 Å². The SMILES string of the molecule is CCC(Nc1nc(CC(=O)O)cs1)C1CCCCC1. The van der Waals surface area contributed by atoms with Gasteiger partial charge in [-0.3, -0.25) is 4.79 Å². The molecule has 2 rings (SSSR count). The van der Waals surface area contributed by atoms with Crippen LogP contribution in [0.4, 0.5) is 5.13 Å². The third-order valence-electron chi connectivity index (χ3n) is 3.85. The number of nitrogens with one attached hydrogen (secondary N) is 1. The number of hydrogen-bond acceptors (Lipinski definition) is 4. The van der Waals surface area contributed by atoms with Gasteiger partial charge in [-0.1, -0.05) is 26.2 Å². The van der Waals surface area contributed by atoms with Crippen molar-refractivity contribution in [3.63, 3.8) is 0 Å². The van der Waals surface area contributed by atoms with Gasteiger partial charge in [0.25, 0.3) is 0 Å². The lowest BCUT2D eigenvalue weighted by molar-refractivity contribution is -0.136. The molecule has 0 amide bonds. The molecule has 106 valence electrons. The monoisotopic (exact) mass is 282 g/mol. The quantitative estimate of drug-likeness (QED) is 0.837. The van der Waals surface area contributed by atoms with E-state index in [2.05, 4.69) is 17.2 Å². The zero-order valence-electron chi connectivity index (χ0n) is 11.4. The maximum Gasteiger partial charge on any atom is 0.309 e. The molecule has 1 aromatic rings. The lowest BCUT2D eigenvalue weighted by atomic mass is 9.83. The van der Waals surface area contributed by atoms with E-state index in [1.165, 1.54) is 43.4 Å². The largest absolute Gasteiger partial charge is 0.481 e. The minimum absolute atomic E-state index is 0.0123. The molecule has 1 aliphatic carbocycles. The summed E-state index contributed by atoms with van der Waals surface area (Å²) in [7, 11) is 0. The number of carboxylic acid groups (broad SMARTS) is 1. The van der Waals surface area contributed by atoms with Crippen molar-refractivity contribution in [2.45, 2.75) is 57.9 Å². The Bertz CT molecular complexity index is 413. The van der Waals surface area contributed by atoms with E-state index in [1.807, 2.05) is 5.38 Å². The minimum Gasteiger partial charge on any atom is -0.481 e. The topological polar surface area (TPSA) is 62.2 Å². The molecule has 0 aliphatic heterocycles. The molecule has 0 aromatic carbocycles. The predicted octanol–water partition coefficient (Wildman–Crippen LogP) is 3.54. The van der Waals surface area contributed by atoms with Gasteiger partial charge in [-0.05, 0) is 25.2 Å². The van der Waals surface area contributed by atoms with Crippen molar-refractivity contribution in [3.05, 3.63) is 11.1 Å². The second kappa shape index (κ2) is 6.89. The van der Waals surface area contributed by atoms with Crippen molar-refractivity contribution < 1.29 is 9.90 Å². The van der Waals surface area contributed by atoms with Crippen LogP contribution in [0.5, 0.6) is 0 Å². The van der Waals surface area contributed by atoms with Crippen LogP contribution >= 0.6 is 11.3 Å². The van der Waals surface area contributed by atoms with Crippen LogP contribution in [0.15, 0.2) is 5.38 Å². The van der Waals surface area contributed by atoms with Crippen LogP contribution in [-0.2, 0) is 11.2 Å². The molecule has 1 fully saturated rings. The van der Waals surface area contributed by atoms with Crippen LogP contribution in [0.25, 0.3) is 0 Å². The molecule has 1 saturated carbocycles. The molecule has 0 bridgehead atoms. The first-order valence-corrected chi connectivity index (χ1v) is 7.99. The smallest absolute Gasteiger partial charge is 0.309 e. The lowest BCUT2D eigenvalue weighted by Gasteiger charge is -2.30. The van der Waals surface area contributed by atoms with Crippen LogP contribution < -0.4 is 5.32 Å². The Morgan fingerprint density at radius 3 is 2.89 bits per heavy atom. The summed E-state index contributed by atoms with van der Waals surface area (Å²) in [6.07, 6.45) is 7.76. The molecule has 19 heavy (non-hydrogen) atoms. The zero-order chi connectivity index (χ0) is 13.7. The van der Waals surface area contributed by atoms with Crippen LogP contribution in [0.3, 0.4) is 0 Å². The highest BCUT2D eigenvalue weighted by atomic mass is 32.1. The van der Waals surface area contributed by atoms with Gasteiger partial charge in [0.1, 0.15) is 0 Å². The van der Waals surface area contributed by atoms with E-state index in [-0.39, 0.29) is 6.42 Å². The Morgan fingerprint density at radius 2 is 2.26 bits per heavy atom. The van der Waals surface area contributed by atoms with Crippen molar-refractivity contribution in [1.29, 1.82) is 0 Å². The van der Waals surface area contributed by atoms with Crippen molar-refractivity contribution in [2.75, 3.05) is 5.32 Å². The van der Waals surface area contributed by atoms with Crippen molar-refractivity contribution in [3.8, 4) is 0 Å². The van der Waals surface area contributed by atoms with Gasteiger partial charge in [-0.2, -0.15) is 0 Å². The lowest BCUT2D eigenvalue weighted by Crippen LogP contribution is -2.30. The standard InChI is InChI=1S/C14H22N2O2S/c1-2-12(10-6-4-3-5-7-10)16-14-15-11(9-19-14)8-13(17)18/h9-10,12H,2-8H2,1H3,(H,15,16)(H,17,18). The van der Waals surface area contributed by atoms with Gasteiger partial charge in [-0.15, -0.1) is 11.3 Å². The average Bonchev–Trinajstić information content (AvgIpc) is 2.83. The summed E-state index contributed by atoms with van der Waals surface area (Å²) >= 11 is 1.51. The second-order valence-corrected chi connectivity index (χ2v) is 6.13.